The minimum absolute atomic E-state index is 0.124. The maximum atomic E-state index is 14.1. The lowest BCUT2D eigenvalue weighted by atomic mass is 9.59. The number of allylic oxidation sites excluding steroid dienone is 6. The summed E-state index contributed by atoms with van der Waals surface area (Å²) in [6.45, 7) is 2.05. The molecule has 1 N–H and O–H groups in total. The van der Waals surface area contributed by atoms with Gasteiger partial charge in [-0.25, -0.2) is 0 Å². The molecule has 2 amide bonds. The molecule has 1 fully saturated rings. The van der Waals surface area contributed by atoms with E-state index in [0.717, 1.165) is 28.5 Å². The van der Waals surface area contributed by atoms with Crippen molar-refractivity contribution in [3.8, 4) is 5.75 Å². The predicted octanol–water partition coefficient (Wildman–Crippen LogP) is 6.07. The van der Waals surface area contributed by atoms with Gasteiger partial charge in [0, 0.05) is 28.5 Å². The number of nitrogens with zero attached hydrogens (tertiary/aromatic N) is 1. The van der Waals surface area contributed by atoms with Crippen molar-refractivity contribution in [2.45, 2.75) is 32.1 Å². The average Bonchev–Trinajstić information content (AvgIpc) is 3.25. The van der Waals surface area contributed by atoms with E-state index in [1.54, 1.807) is 12.1 Å². The number of carbonyl (C=O) groups is 4. The Morgan fingerprint density at radius 1 is 0.902 bits per heavy atom. The van der Waals surface area contributed by atoms with Crippen LogP contribution in [-0.2, 0) is 25.6 Å². The van der Waals surface area contributed by atoms with Crippen molar-refractivity contribution in [3.63, 3.8) is 0 Å². The van der Waals surface area contributed by atoms with E-state index in [0.29, 0.717) is 28.6 Å². The second-order valence-corrected chi connectivity index (χ2v) is 12.0. The fourth-order valence-electron chi connectivity index (χ4n) is 7.26. The summed E-state index contributed by atoms with van der Waals surface area (Å²) >= 11 is 3.28. The Labute approximate surface area is 245 Å². The Bertz CT molecular complexity index is 1800. The number of aromatic hydroxyl groups is 1. The van der Waals surface area contributed by atoms with Crippen LogP contribution in [0.3, 0.4) is 0 Å². The zero-order valence-electron chi connectivity index (χ0n) is 22.3. The first-order valence-corrected chi connectivity index (χ1v) is 14.7. The molecule has 7 heteroatoms. The van der Waals surface area contributed by atoms with Crippen molar-refractivity contribution in [3.05, 3.63) is 105 Å². The van der Waals surface area contributed by atoms with Gasteiger partial charge in [-0.1, -0.05) is 61.0 Å². The van der Waals surface area contributed by atoms with Gasteiger partial charge in [0.1, 0.15) is 5.75 Å². The average molecular weight is 608 g/mol. The van der Waals surface area contributed by atoms with Crippen LogP contribution in [0.25, 0.3) is 10.8 Å². The van der Waals surface area contributed by atoms with Crippen molar-refractivity contribution in [1.82, 2.24) is 0 Å². The standard InChI is InChI=1S/C34H26BrNO5/c1-2-17-7-9-18(10-8-17)36-33(40)23-12-11-22-24(30(23)34(36)41)15-25-31(28(38)16-26(35)32(25)39)29(22)21-13-14-27(37)20-6-4-3-5-19(20)21/h3-11,13-14,16,23-24,29-30,37H,2,12,15H2,1H3. The number of imide groups is 1. The van der Waals surface area contributed by atoms with Gasteiger partial charge >= 0.3 is 0 Å². The molecule has 3 aromatic carbocycles. The number of rotatable bonds is 3. The molecule has 6 nitrogen and oxygen atoms in total. The molecule has 0 bridgehead atoms. The van der Waals surface area contributed by atoms with Gasteiger partial charge in [-0.05, 0) is 75.8 Å². The molecule has 4 atom stereocenters. The summed E-state index contributed by atoms with van der Waals surface area (Å²) in [5.74, 6) is -3.05. The summed E-state index contributed by atoms with van der Waals surface area (Å²) in [7, 11) is 0. The first kappa shape index (κ1) is 25.8. The summed E-state index contributed by atoms with van der Waals surface area (Å²) in [6.07, 6.45) is 4.78. The van der Waals surface area contributed by atoms with E-state index in [4.69, 9.17) is 0 Å². The molecular weight excluding hydrogens is 582 g/mol. The van der Waals surface area contributed by atoms with Crippen molar-refractivity contribution in [2.75, 3.05) is 4.90 Å². The Balaban J connectivity index is 1.39. The fraction of sp³-hybridized carbons (Fsp3) is 0.235. The van der Waals surface area contributed by atoms with Gasteiger partial charge in [0.05, 0.1) is 22.0 Å². The van der Waals surface area contributed by atoms with Crippen LogP contribution in [0.15, 0.2) is 94.0 Å². The van der Waals surface area contributed by atoms with E-state index < -0.39 is 23.7 Å². The number of amides is 2. The third-order valence-electron chi connectivity index (χ3n) is 9.18. The van der Waals surface area contributed by atoms with Crippen LogP contribution in [0.1, 0.15) is 36.8 Å². The highest BCUT2D eigenvalue weighted by Gasteiger charge is 2.56. The third kappa shape index (κ3) is 3.75. The smallest absolute Gasteiger partial charge is 0.238 e. The second kappa shape index (κ2) is 9.48. The van der Waals surface area contributed by atoms with Gasteiger partial charge in [-0.3, -0.25) is 24.1 Å². The van der Waals surface area contributed by atoms with E-state index in [9.17, 15) is 24.3 Å². The summed E-state index contributed by atoms with van der Waals surface area (Å²) in [6, 6.07) is 18.3. The van der Waals surface area contributed by atoms with Crippen molar-refractivity contribution < 1.29 is 24.3 Å². The molecule has 0 radical (unpaired) electrons. The zero-order valence-corrected chi connectivity index (χ0v) is 23.9. The highest BCUT2D eigenvalue weighted by Crippen LogP contribution is 2.56. The van der Waals surface area contributed by atoms with E-state index in [2.05, 4.69) is 15.9 Å². The normalized spacial score (nSPS) is 25.7. The molecule has 0 saturated carbocycles. The van der Waals surface area contributed by atoms with Gasteiger partial charge in [0.15, 0.2) is 11.6 Å². The van der Waals surface area contributed by atoms with Crippen LogP contribution < -0.4 is 4.90 Å². The molecule has 1 saturated heterocycles. The Hall–Kier alpha value is -4.10. The maximum Gasteiger partial charge on any atom is 0.238 e. The molecule has 4 aliphatic rings. The number of hydrogen-bond donors (Lipinski definition) is 1. The first-order chi connectivity index (χ1) is 19.8. The predicted molar refractivity (Wildman–Crippen MR) is 159 cm³/mol. The number of ketones is 2. The molecular formula is C34H26BrNO5. The molecule has 41 heavy (non-hydrogen) atoms. The largest absolute Gasteiger partial charge is 0.507 e. The number of phenolic OH excluding ortho intramolecular Hbond substituents is 1. The minimum Gasteiger partial charge on any atom is -0.507 e. The van der Waals surface area contributed by atoms with E-state index in [1.165, 1.54) is 11.0 Å². The lowest BCUT2D eigenvalue weighted by Gasteiger charge is -2.42. The third-order valence-corrected chi connectivity index (χ3v) is 9.77. The highest BCUT2D eigenvalue weighted by molar-refractivity contribution is 9.12. The van der Waals surface area contributed by atoms with Crippen molar-refractivity contribution in [1.29, 1.82) is 0 Å². The molecule has 1 aliphatic heterocycles. The molecule has 3 aliphatic carbocycles. The van der Waals surface area contributed by atoms with E-state index >= 15 is 0 Å². The van der Waals surface area contributed by atoms with E-state index in [-0.39, 0.29) is 40.0 Å². The molecule has 4 unspecified atom stereocenters. The topological polar surface area (TPSA) is 91.8 Å². The lowest BCUT2D eigenvalue weighted by Crippen LogP contribution is -2.39. The highest BCUT2D eigenvalue weighted by atomic mass is 79.9. The molecule has 0 spiro atoms. The molecule has 204 valence electrons. The zero-order chi connectivity index (χ0) is 28.6. The number of aryl methyl sites for hydroxylation is 1. The molecule has 3 aromatic rings. The minimum atomic E-state index is -0.638. The van der Waals surface area contributed by atoms with Gasteiger partial charge < -0.3 is 5.11 Å². The lowest BCUT2D eigenvalue weighted by molar-refractivity contribution is -0.123. The Morgan fingerprint density at radius 3 is 2.37 bits per heavy atom. The van der Waals surface area contributed by atoms with Crippen LogP contribution in [0.2, 0.25) is 0 Å². The SMILES string of the molecule is CCc1ccc(N2C(=O)C3CC=C4C(c5ccc(O)c6ccccc56)C5=C(CC4C3C2=O)C(=O)C(Br)=CC5=O)cc1. The quantitative estimate of drug-likeness (QED) is 0.221. The van der Waals surface area contributed by atoms with Crippen LogP contribution in [0.4, 0.5) is 5.69 Å². The summed E-state index contributed by atoms with van der Waals surface area (Å²) in [4.78, 5) is 56.2. The van der Waals surface area contributed by atoms with Gasteiger partial charge in [0.25, 0.3) is 0 Å². The Morgan fingerprint density at radius 2 is 1.63 bits per heavy atom. The number of fused-ring (bicyclic) bond motifs is 4. The van der Waals surface area contributed by atoms with Crippen LogP contribution in [0, 0.1) is 17.8 Å². The van der Waals surface area contributed by atoms with Crippen molar-refractivity contribution in [2.24, 2.45) is 17.8 Å². The summed E-state index contributed by atoms with van der Waals surface area (Å²) < 4.78 is 0.196. The first-order valence-electron chi connectivity index (χ1n) is 13.9. The van der Waals surface area contributed by atoms with Gasteiger partial charge in [-0.15, -0.1) is 0 Å². The summed E-state index contributed by atoms with van der Waals surface area (Å²) in [5, 5.41) is 12.0. The molecule has 1 heterocycles. The van der Waals surface area contributed by atoms with Crippen LogP contribution >= 0.6 is 15.9 Å². The second-order valence-electron chi connectivity index (χ2n) is 11.1. The van der Waals surface area contributed by atoms with Crippen LogP contribution in [-0.4, -0.2) is 28.5 Å². The van der Waals surface area contributed by atoms with Crippen LogP contribution in [0.5, 0.6) is 5.75 Å². The fourth-order valence-corrected chi connectivity index (χ4v) is 7.70. The number of phenols is 1. The van der Waals surface area contributed by atoms with Crippen molar-refractivity contribution >= 4 is 55.8 Å². The Kier molecular flexibility index (Phi) is 5.98. The van der Waals surface area contributed by atoms with E-state index in [1.807, 2.05) is 61.5 Å². The maximum absolute atomic E-state index is 14.1. The molecule has 7 rings (SSSR count). The number of hydrogen-bond acceptors (Lipinski definition) is 5. The number of benzene rings is 3. The monoisotopic (exact) mass is 607 g/mol. The number of carbonyl (C=O) groups excluding carboxylic acids is 4. The summed E-state index contributed by atoms with van der Waals surface area (Å²) in [5.41, 5.74) is 4.15. The number of halogens is 1. The van der Waals surface area contributed by atoms with Gasteiger partial charge in [-0.2, -0.15) is 0 Å². The molecule has 0 aromatic heterocycles. The number of Topliss-reactive ketones (excluding diaryl/α,β-unsaturated/α-hetero) is 1. The van der Waals surface area contributed by atoms with Gasteiger partial charge in [0.2, 0.25) is 11.8 Å². The number of anilines is 1.